The van der Waals surface area contributed by atoms with E-state index in [0.717, 1.165) is 0 Å². The number of carbonyl (C=O) groups excluding carboxylic acids is 1. The number of amides is 2. The molecule has 1 saturated heterocycles. The van der Waals surface area contributed by atoms with E-state index in [1.807, 2.05) is 0 Å². The lowest BCUT2D eigenvalue weighted by molar-refractivity contribution is -0.141. The minimum absolute atomic E-state index is 0.185. The molecule has 1 heterocycles. The quantitative estimate of drug-likeness (QED) is 0.892. The van der Waals surface area contributed by atoms with Crippen LogP contribution < -0.4 is 9.64 Å². The van der Waals surface area contributed by atoms with Gasteiger partial charge in [-0.2, -0.15) is 0 Å². The SMILES string of the molecule is COc1ccc(N2CC(C(=O)O)CN(C)C2=O)cc1. The van der Waals surface area contributed by atoms with Crippen LogP contribution in [0.5, 0.6) is 5.75 Å². The van der Waals surface area contributed by atoms with Crippen molar-refractivity contribution in [3.05, 3.63) is 24.3 Å². The predicted molar refractivity (Wildman–Crippen MR) is 69.5 cm³/mol. The molecule has 0 aromatic heterocycles. The third-order valence-electron chi connectivity index (χ3n) is 3.19. The van der Waals surface area contributed by atoms with Crippen LogP contribution in [0.3, 0.4) is 0 Å². The van der Waals surface area contributed by atoms with Gasteiger partial charge < -0.3 is 14.7 Å². The van der Waals surface area contributed by atoms with Gasteiger partial charge in [0, 0.05) is 25.8 Å². The van der Waals surface area contributed by atoms with Gasteiger partial charge in [-0.25, -0.2) is 4.79 Å². The van der Waals surface area contributed by atoms with Crippen LogP contribution in [0.2, 0.25) is 0 Å². The highest BCUT2D eigenvalue weighted by atomic mass is 16.5. The van der Waals surface area contributed by atoms with Gasteiger partial charge in [0.1, 0.15) is 5.75 Å². The highest BCUT2D eigenvalue weighted by Crippen LogP contribution is 2.24. The molecule has 1 N–H and O–H groups in total. The molecule has 1 unspecified atom stereocenters. The Bertz CT molecular complexity index is 486. The lowest BCUT2D eigenvalue weighted by Gasteiger charge is -2.36. The van der Waals surface area contributed by atoms with Crippen LogP contribution in [-0.4, -0.2) is 49.3 Å². The summed E-state index contributed by atoms with van der Waals surface area (Å²) in [5.74, 6) is -0.779. The zero-order chi connectivity index (χ0) is 14.0. The minimum Gasteiger partial charge on any atom is -0.497 e. The van der Waals surface area contributed by atoms with Gasteiger partial charge in [-0.1, -0.05) is 0 Å². The summed E-state index contributed by atoms with van der Waals surface area (Å²) in [4.78, 5) is 26.1. The largest absolute Gasteiger partial charge is 0.497 e. The average molecular weight is 264 g/mol. The summed E-state index contributed by atoms with van der Waals surface area (Å²) in [5, 5.41) is 9.10. The Labute approximate surface area is 111 Å². The third kappa shape index (κ3) is 2.62. The van der Waals surface area contributed by atoms with Crippen molar-refractivity contribution < 1.29 is 19.4 Å². The summed E-state index contributed by atoms with van der Waals surface area (Å²) in [7, 11) is 3.17. The number of urea groups is 1. The molecule has 0 aliphatic carbocycles. The third-order valence-corrected chi connectivity index (χ3v) is 3.19. The molecule has 0 saturated carbocycles. The Morgan fingerprint density at radius 3 is 2.47 bits per heavy atom. The van der Waals surface area contributed by atoms with Gasteiger partial charge in [0.2, 0.25) is 0 Å². The van der Waals surface area contributed by atoms with Gasteiger partial charge in [0.05, 0.1) is 13.0 Å². The average Bonchev–Trinajstić information content (AvgIpc) is 2.41. The molecule has 2 rings (SSSR count). The van der Waals surface area contributed by atoms with Crippen molar-refractivity contribution >= 4 is 17.7 Å². The topological polar surface area (TPSA) is 70.1 Å². The number of rotatable bonds is 3. The number of anilines is 1. The molecule has 6 heteroatoms. The number of hydrogen-bond acceptors (Lipinski definition) is 3. The number of carbonyl (C=O) groups is 2. The van der Waals surface area contributed by atoms with E-state index < -0.39 is 11.9 Å². The van der Waals surface area contributed by atoms with Crippen molar-refractivity contribution in [2.24, 2.45) is 5.92 Å². The summed E-state index contributed by atoms with van der Waals surface area (Å²) >= 11 is 0. The van der Waals surface area contributed by atoms with Crippen molar-refractivity contribution in [3.8, 4) is 5.75 Å². The van der Waals surface area contributed by atoms with Crippen molar-refractivity contribution in [2.45, 2.75) is 0 Å². The highest BCUT2D eigenvalue weighted by molar-refractivity contribution is 5.94. The zero-order valence-electron chi connectivity index (χ0n) is 10.9. The molecule has 1 fully saturated rings. The Balaban J connectivity index is 2.24. The van der Waals surface area contributed by atoms with E-state index in [9.17, 15) is 9.59 Å². The maximum atomic E-state index is 12.1. The molecule has 0 radical (unpaired) electrons. The maximum absolute atomic E-state index is 12.1. The van der Waals surface area contributed by atoms with Crippen LogP contribution in [-0.2, 0) is 4.79 Å². The van der Waals surface area contributed by atoms with E-state index in [1.165, 1.54) is 9.80 Å². The summed E-state index contributed by atoms with van der Waals surface area (Å²) in [6.45, 7) is 0.422. The number of aliphatic carboxylic acids is 1. The molecular weight excluding hydrogens is 248 g/mol. The lowest BCUT2D eigenvalue weighted by Crippen LogP contribution is -2.54. The molecule has 1 aromatic rings. The van der Waals surface area contributed by atoms with E-state index in [-0.39, 0.29) is 19.1 Å². The second-order valence-electron chi connectivity index (χ2n) is 4.51. The van der Waals surface area contributed by atoms with Crippen molar-refractivity contribution in [2.75, 3.05) is 32.1 Å². The first-order valence-corrected chi connectivity index (χ1v) is 5.92. The summed E-state index contributed by atoms with van der Waals surface area (Å²) in [6.07, 6.45) is 0. The second-order valence-corrected chi connectivity index (χ2v) is 4.51. The van der Waals surface area contributed by atoms with Crippen LogP contribution in [0.15, 0.2) is 24.3 Å². The number of methoxy groups -OCH3 is 1. The molecule has 102 valence electrons. The fourth-order valence-corrected chi connectivity index (χ4v) is 2.11. The molecule has 6 nitrogen and oxygen atoms in total. The molecular formula is C13H16N2O4. The molecule has 1 aliphatic heterocycles. The Hall–Kier alpha value is -2.24. The smallest absolute Gasteiger partial charge is 0.324 e. The number of nitrogens with zero attached hydrogens (tertiary/aromatic N) is 2. The number of hydrogen-bond donors (Lipinski definition) is 1. The van der Waals surface area contributed by atoms with Crippen molar-refractivity contribution in [3.63, 3.8) is 0 Å². The molecule has 0 bridgehead atoms. The molecule has 2 amide bonds. The van der Waals surface area contributed by atoms with E-state index in [0.29, 0.717) is 11.4 Å². The summed E-state index contributed by atoms with van der Waals surface area (Å²) < 4.78 is 5.06. The van der Waals surface area contributed by atoms with Gasteiger partial charge in [0.15, 0.2) is 0 Å². The van der Waals surface area contributed by atoms with Crippen molar-refractivity contribution in [1.82, 2.24) is 4.90 Å². The van der Waals surface area contributed by atoms with E-state index >= 15 is 0 Å². The standard InChI is InChI=1S/C13H16N2O4/c1-14-7-9(12(16)17)8-15(13(14)18)10-3-5-11(19-2)6-4-10/h3-6,9H,7-8H2,1-2H3,(H,16,17). The van der Waals surface area contributed by atoms with E-state index in [2.05, 4.69) is 0 Å². The fourth-order valence-electron chi connectivity index (χ4n) is 2.11. The van der Waals surface area contributed by atoms with Gasteiger partial charge in [-0.3, -0.25) is 9.69 Å². The molecule has 0 spiro atoms. The summed E-state index contributed by atoms with van der Waals surface area (Å²) in [5.41, 5.74) is 0.670. The fraction of sp³-hybridized carbons (Fsp3) is 0.385. The molecule has 1 atom stereocenters. The number of carboxylic acids is 1. The number of carboxylic acid groups (broad SMARTS) is 1. The lowest BCUT2D eigenvalue weighted by atomic mass is 10.1. The monoisotopic (exact) mass is 264 g/mol. The van der Waals surface area contributed by atoms with Crippen molar-refractivity contribution in [1.29, 1.82) is 0 Å². The van der Waals surface area contributed by atoms with Crippen LogP contribution in [0.1, 0.15) is 0 Å². The Kier molecular flexibility index (Phi) is 3.59. The highest BCUT2D eigenvalue weighted by Gasteiger charge is 2.34. The van der Waals surface area contributed by atoms with Crippen LogP contribution in [0.4, 0.5) is 10.5 Å². The molecule has 19 heavy (non-hydrogen) atoms. The number of ether oxygens (including phenoxy) is 1. The molecule has 1 aliphatic rings. The van der Waals surface area contributed by atoms with Gasteiger partial charge in [-0.05, 0) is 24.3 Å². The van der Waals surface area contributed by atoms with Crippen LogP contribution >= 0.6 is 0 Å². The first-order valence-electron chi connectivity index (χ1n) is 5.92. The first kappa shape index (κ1) is 13.2. The zero-order valence-corrected chi connectivity index (χ0v) is 10.9. The molecule has 1 aromatic carbocycles. The minimum atomic E-state index is -0.891. The maximum Gasteiger partial charge on any atom is 0.324 e. The van der Waals surface area contributed by atoms with Crippen LogP contribution in [0, 0.1) is 5.92 Å². The van der Waals surface area contributed by atoms with E-state index in [1.54, 1.807) is 38.4 Å². The first-order chi connectivity index (χ1) is 9.02. The normalized spacial score (nSPS) is 19.5. The summed E-state index contributed by atoms with van der Waals surface area (Å²) in [6, 6.07) is 6.78. The Morgan fingerprint density at radius 1 is 1.32 bits per heavy atom. The van der Waals surface area contributed by atoms with Gasteiger partial charge in [0.25, 0.3) is 0 Å². The number of benzene rings is 1. The van der Waals surface area contributed by atoms with Gasteiger partial charge in [-0.15, -0.1) is 0 Å². The van der Waals surface area contributed by atoms with Gasteiger partial charge >= 0.3 is 12.0 Å². The predicted octanol–water partition coefficient (Wildman–Crippen LogP) is 1.27. The van der Waals surface area contributed by atoms with Crippen LogP contribution in [0.25, 0.3) is 0 Å². The van der Waals surface area contributed by atoms with E-state index in [4.69, 9.17) is 9.84 Å². The Morgan fingerprint density at radius 2 is 1.95 bits per heavy atom. The second kappa shape index (κ2) is 5.17.